The van der Waals surface area contributed by atoms with E-state index in [4.69, 9.17) is 0 Å². The zero-order valence-electron chi connectivity index (χ0n) is 11.2. The van der Waals surface area contributed by atoms with Crippen molar-refractivity contribution in [2.45, 2.75) is 16.9 Å². The number of benzene rings is 1. The number of rotatable bonds is 6. The molecule has 0 spiro atoms. The van der Waals surface area contributed by atoms with E-state index in [9.17, 15) is 47.6 Å². The van der Waals surface area contributed by atoms with Crippen LogP contribution >= 0.6 is 15.9 Å². The van der Waals surface area contributed by atoms with Crippen LogP contribution in [0.3, 0.4) is 0 Å². The van der Waals surface area contributed by atoms with Gasteiger partial charge in [-0.25, -0.2) is 16.8 Å². The second kappa shape index (κ2) is 7.84. The number of ether oxygens (including phenoxy) is 1. The summed E-state index contributed by atoms with van der Waals surface area (Å²) in [6.07, 6.45) is -5.91. The molecule has 0 atom stereocenters. The summed E-state index contributed by atoms with van der Waals surface area (Å²) in [6.45, 7) is 0. The van der Waals surface area contributed by atoms with Gasteiger partial charge in [-0.1, -0.05) is 20.1 Å². The Labute approximate surface area is 162 Å². The first-order valence-corrected chi connectivity index (χ1v) is 9.23. The topological polar surface area (TPSA) is 89.5 Å². The number of nitrogens with one attached hydrogen (secondary N) is 1. The van der Waals surface area contributed by atoms with Crippen molar-refractivity contribution in [1.82, 2.24) is 4.13 Å². The number of hydrogen-bond donors (Lipinski definition) is 1. The van der Waals surface area contributed by atoms with E-state index >= 15 is 0 Å². The summed E-state index contributed by atoms with van der Waals surface area (Å²) in [5.41, 5.74) is -6.34. The first kappa shape index (κ1) is 25.5. The van der Waals surface area contributed by atoms with Gasteiger partial charge in [0.1, 0.15) is 5.75 Å². The van der Waals surface area contributed by atoms with Gasteiger partial charge in [-0.3, -0.25) is 0 Å². The van der Waals surface area contributed by atoms with Gasteiger partial charge in [-0.2, -0.15) is 30.7 Å². The minimum absolute atomic E-state index is 0. The molecule has 1 aromatic carbocycles. The molecule has 1 aromatic rings. The average molecular weight is 492 g/mol. The summed E-state index contributed by atoms with van der Waals surface area (Å²) in [7, 11) is -14.0. The molecule has 0 bridgehead atoms. The van der Waals surface area contributed by atoms with Crippen LogP contribution in [0.1, 0.15) is 0 Å². The van der Waals surface area contributed by atoms with Crippen molar-refractivity contribution in [3.63, 3.8) is 0 Å². The van der Waals surface area contributed by atoms with Crippen molar-refractivity contribution in [1.29, 1.82) is 0 Å². The van der Waals surface area contributed by atoms with Crippen molar-refractivity contribution >= 4 is 54.8 Å². The maximum absolute atomic E-state index is 13.5. The van der Waals surface area contributed by atoms with Crippen molar-refractivity contribution in [3.8, 4) is 5.75 Å². The third kappa shape index (κ3) is 5.26. The first-order valence-electron chi connectivity index (χ1n) is 5.47. The van der Waals surface area contributed by atoms with Crippen LogP contribution in [0.4, 0.5) is 30.7 Å². The van der Waals surface area contributed by atoms with Crippen LogP contribution < -0.4 is 8.86 Å². The summed E-state index contributed by atoms with van der Waals surface area (Å²) < 4.78 is 137. The van der Waals surface area contributed by atoms with E-state index in [0.29, 0.717) is 16.6 Å². The normalized spacial score (nSPS) is 13.8. The third-order valence-electron chi connectivity index (χ3n) is 2.26. The summed E-state index contributed by atoms with van der Waals surface area (Å²) in [5, 5.41) is -6.37. The van der Waals surface area contributed by atoms with Gasteiger partial charge in [0.05, 0.1) is 0 Å². The summed E-state index contributed by atoms with van der Waals surface area (Å²) in [4.78, 5) is 0. The fraction of sp³-hybridized carbons (Fsp3) is 0.333. The molecule has 26 heavy (non-hydrogen) atoms. The SMILES string of the molecule is O=S(=O)(NS(=O)(=O)C(F)(F)C(F)(F)Oc1ccc(Br)cc1)C(F)(F)F.[LiH]. The predicted molar refractivity (Wildman–Crippen MR) is 78.8 cm³/mol. The van der Waals surface area contributed by atoms with Gasteiger partial charge in [-0.15, -0.1) is 0 Å². The molecule has 0 unspecified atom stereocenters. The quantitative estimate of drug-likeness (QED) is 0.486. The molecule has 1 N–H and O–H groups in total. The standard InChI is InChI=1S/C9H5BrF7NO5S2.Li.H/c10-5-1-3-6(4-2-5)23-7(11,12)8(13,14)24(19,20)18-25(21,22)9(15,16)17;;/h1-4,18H;;. The van der Waals surface area contributed by atoms with Crippen LogP contribution in [0.2, 0.25) is 0 Å². The number of sulfonamides is 2. The van der Waals surface area contributed by atoms with E-state index in [1.54, 1.807) is 0 Å². The van der Waals surface area contributed by atoms with E-state index in [2.05, 4.69) is 20.7 Å². The molecule has 146 valence electrons. The molecule has 0 radical (unpaired) electrons. The fourth-order valence-electron chi connectivity index (χ4n) is 1.11. The van der Waals surface area contributed by atoms with E-state index < -0.39 is 46.8 Å². The van der Waals surface area contributed by atoms with Gasteiger partial charge in [-0.05, 0) is 24.3 Å². The molecule has 0 aliphatic heterocycles. The van der Waals surface area contributed by atoms with Crippen molar-refractivity contribution in [3.05, 3.63) is 28.7 Å². The Hall–Kier alpha value is -0.533. The zero-order valence-corrected chi connectivity index (χ0v) is 14.4. The fourth-order valence-corrected chi connectivity index (χ4v) is 3.68. The Bertz CT molecular complexity index is 842. The molecule has 0 aliphatic carbocycles. The second-order valence-corrected chi connectivity index (χ2v) is 8.70. The van der Waals surface area contributed by atoms with Crippen LogP contribution in [0.5, 0.6) is 5.75 Å². The van der Waals surface area contributed by atoms with Crippen molar-refractivity contribution < 1.29 is 52.3 Å². The molecule has 0 aromatic heterocycles. The Balaban J connectivity index is 0.00000625. The average Bonchev–Trinajstić information content (AvgIpc) is 2.38. The molecule has 0 saturated heterocycles. The predicted octanol–water partition coefficient (Wildman–Crippen LogP) is 2.13. The summed E-state index contributed by atoms with van der Waals surface area (Å²) in [6, 6.07) is 3.51. The third-order valence-corrected chi connectivity index (χ3v) is 6.07. The number of alkyl halides is 7. The molecule has 17 heteroatoms. The summed E-state index contributed by atoms with van der Waals surface area (Å²) >= 11 is 2.88. The molecular weight excluding hydrogens is 486 g/mol. The number of hydrogen-bond acceptors (Lipinski definition) is 5. The Morgan fingerprint density at radius 1 is 0.846 bits per heavy atom. The molecule has 0 aliphatic rings. The van der Waals surface area contributed by atoms with E-state index in [1.807, 2.05) is 0 Å². The van der Waals surface area contributed by atoms with E-state index in [-0.39, 0.29) is 18.9 Å². The molecule has 0 heterocycles. The van der Waals surface area contributed by atoms with Crippen molar-refractivity contribution in [2.24, 2.45) is 0 Å². The molecule has 1 rings (SSSR count). The first-order chi connectivity index (χ1) is 10.9. The van der Waals surface area contributed by atoms with E-state index in [0.717, 1.165) is 12.1 Å². The molecule has 0 fully saturated rings. The van der Waals surface area contributed by atoms with Crippen LogP contribution in [-0.4, -0.2) is 52.6 Å². The van der Waals surface area contributed by atoms with Gasteiger partial charge in [0.2, 0.25) is 0 Å². The zero-order chi connectivity index (χ0) is 19.9. The Kier molecular flexibility index (Phi) is 7.68. The maximum atomic E-state index is 13.5. The van der Waals surface area contributed by atoms with Gasteiger partial charge in [0, 0.05) is 4.47 Å². The van der Waals surface area contributed by atoms with Gasteiger partial charge >= 0.3 is 55.8 Å². The van der Waals surface area contributed by atoms with Gasteiger partial charge in [0.15, 0.2) is 0 Å². The van der Waals surface area contributed by atoms with Crippen LogP contribution in [0, 0.1) is 0 Å². The van der Waals surface area contributed by atoms with Crippen LogP contribution in [0.15, 0.2) is 28.7 Å². The molecule has 0 saturated carbocycles. The van der Waals surface area contributed by atoms with Crippen molar-refractivity contribution in [2.75, 3.05) is 0 Å². The molecule has 0 amide bonds. The minimum atomic E-state index is -7.06. The number of halogens is 8. The van der Waals surface area contributed by atoms with Gasteiger partial charge < -0.3 is 4.74 Å². The Morgan fingerprint density at radius 3 is 1.65 bits per heavy atom. The van der Waals surface area contributed by atoms with Gasteiger partial charge in [0.25, 0.3) is 0 Å². The van der Waals surface area contributed by atoms with Crippen LogP contribution in [-0.2, 0) is 20.0 Å². The monoisotopic (exact) mass is 491 g/mol. The van der Waals surface area contributed by atoms with Crippen LogP contribution in [0.25, 0.3) is 0 Å². The molecular formula is C9H6BrF7LiNO5S2. The summed E-state index contributed by atoms with van der Waals surface area (Å²) in [5.74, 6) is -0.971. The second-order valence-electron chi connectivity index (χ2n) is 4.13. The Morgan fingerprint density at radius 2 is 1.27 bits per heavy atom. The molecule has 6 nitrogen and oxygen atoms in total. The van der Waals surface area contributed by atoms with E-state index in [1.165, 1.54) is 0 Å².